The number of carbonyl (C=O) groups excluding carboxylic acids is 1. The number of carbonyl (C=O) groups is 1. The van der Waals surface area contributed by atoms with E-state index in [9.17, 15) is 4.79 Å². The van der Waals surface area contributed by atoms with Gasteiger partial charge in [0.1, 0.15) is 6.54 Å². The summed E-state index contributed by atoms with van der Waals surface area (Å²) in [5, 5.41) is 3.08. The van der Waals surface area contributed by atoms with E-state index in [1.165, 1.54) is 15.4 Å². The lowest BCUT2D eigenvalue weighted by molar-refractivity contribution is -0.885. The van der Waals surface area contributed by atoms with Crippen molar-refractivity contribution < 1.29 is 9.69 Å². The Morgan fingerprint density at radius 3 is 2.50 bits per heavy atom. The lowest BCUT2D eigenvalue weighted by Crippen LogP contribution is -3.08. The highest BCUT2D eigenvalue weighted by Gasteiger charge is 2.15. The number of thioether (sulfide) groups is 1. The second-order valence-electron chi connectivity index (χ2n) is 5.97. The van der Waals surface area contributed by atoms with E-state index in [2.05, 4.69) is 51.8 Å². The van der Waals surface area contributed by atoms with E-state index < -0.39 is 0 Å². The molecule has 5 heteroatoms. The summed E-state index contributed by atoms with van der Waals surface area (Å²) in [5.41, 5.74) is 2.34. The van der Waals surface area contributed by atoms with Gasteiger partial charge in [-0.25, -0.2) is 0 Å². The van der Waals surface area contributed by atoms with E-state index in [1.807, 2.05) is 38.2 Å². The third-order valence-corrected chi connectivity index (χ3v) is 5.34. The number of nitrogens with one attached hydrogen (secondary N) is 2. The van der Waals surface area contributed by atoms with Crippen LogP contribution >= 0.6 is 27.7 Å². The smallest absolute Gasteiger partial charge is 0.275 e. The van der Waals surface area contributed by atoms with Crippen molar-refractivity contribution in [1.82, 2.24) is 5.32 Å². The standard InChI is InChI=1S/C19H23BrN2OS/c1-14(17-6-4-5-7-18(17)20)21-19(23)13-22(2)12-15-8-10-16(24-3)11-9-15/h4-11,14H,12-13H2,1-3H3,(H,21,23)/p+1/t14-/m1/s1. The topological polar surface area (TPSA) is 33.5 Å². The molecule has 0 saturated carbocycles. The van der Waals surface area contributed by atoms with Crippen LogP contribution in [0.1, 0.15) is 24.1 Å². The van der Waals surface area contributed by atoms with Crippen LogP contribution in [0.15, 0.2) is 57.9 Å². The average Bonchev–Trinajstić information content (AvgIpc) is 2.55. The largest absolute Gasteiger partial charge is 0.345 e. The molecular weight excluding hydrogens is 384 g/mol. The number of hydrogen-bond donors (Lipinski definition) is 2. The predicted octanol–water partition coefficient (Wildman–Crippen LogP) is 3.06. The molecule has 2 rings (SSSR count). The Hall–Kier alpha value is -1.30. The number of quaternary nitrogens is 1. The van der Waals surface area contributed by atoms with Gasteiger partial charge in [0.25, 0.3) is 5.91 Å². The van der Waals surface area contributed by atoms with Crippen molar-refractivity contribution in [3.63, 3.8) is 0 Å². The van der Waals surface area contributed by atoms with Gasteiger partial charge in [0.15, 0.2) is 6.54 Å². The van der Waals surface area contributed by atoms with E-state index in [1.54, 1.807) is 11.8 Å². The number of hydrogen-bond acceptors (Lipinski definition) is 2. The van der Waals surface area contributed by atoms with E-state index in [-0.39, 0.29) is 11.9 Å². The van der Waals surface area contributed by atoms with Crippen LogP contribution in [0.4, 0.5) is 0 Å². The Bertz CT molecular complexity index is 675. The van der Waals surface area contributed by atoms with Crippen LogP contribution < -0.4 is 10.2 Å². The Morgan fingerprint density at radius 1 is 1.21 bits per heavy atom. The number of benzene rings is 2. The molecule has 0 aromatic heterocycles. The number of amides is 1. The van der Waals surface area contributed by atoms with E-state index in [0.29, 0.717) is 6.54 Å². The zero-order chi connectivity index (χ0) is 17.5. The van der Waals surface area contributed by atoms with Gasteiger partial charge in [-0.1, -0.05) is 46.3 Å². The highest BCUT2D eigenvalue weighted by atomic mass is 79.9. The average molecular weight is 408 g/mol. The molecule has 2 aromatic carbocycles. The fourth-order valence-electron chi connectivity index (χ4n) is 2.62. The molecule has 0 heterocycles. The van der Waals surface area contributed by atoms with Crippen molar-refractivity contribution in [2.75, 3.05) is 19.8 Å². The quantitative estimate of drug-likeness (QED) is 0.691. The van der Waals surface area contributed by atoms with Gasteiger partial charge in [0.05, 0.1) is 13.1 Å². The molecular formula is C19H24BrN2OS+. The van der Waals surface area contributed by atoms with Crippen molar-refractivity contribution in [3.05, 3.63) is 64.1 Å². The summed E-state index contributed by atoms with van der Waals surface area (Å²) in [5.74, 6) is 0.0662. The van der Waals surface area contributed by atoms with Crippen LogP contribution in [-0.4, -0.2) is 25.8 Å². The van der Waals surface area contributed by atoms with Gasteiger partial charge >= 0.3 is 0 Å². The zero-order valence-electron chi connectivity index (χ0n) is 14.3. The lowest BCUT2D eigenvalue weighted by atomic mass is 10.1. The first-order chi connectivity index (χ1) is 11.5. The maximum Gasteiger partial charge on any atom is 0.275 e. The normalized spacial score (nSPS) is 13.3. The minimum atomic E-state index is -0.0123. The molecule has 2 atom stereocenters. The van der Waals surface area contributed by atoms with E-state index in [4.69, 9.17) is 0 Å². The Morgan fingerprint density at radius 2 is 1.88 bits per heavy atom. The van der Waals surface area contributed by atoms with Gasteiger partial charge in [0.2, 0.25) is 0 Å². The van der Waals surface area contributed by atoms with Crippen LogP contribution in [0, 0.1) is 0 Å². The van der Waals surface area contributed by atoms with E-state index >= 15 is 0 Å². The molecule has 0 aliphatic carbocycles. The third-order valence-electron chi connectivity index (χ3n) is 3.88. The Balaban J connectivity index is 1.85. The van der Waals surface area contributed by atoms with Crippen molar-refractivity contribution in [2.45, 2.75) is 24.4 Å². The summed E-state index contributed by atoms with van der Waals surface area (Å²) < 4.78 is 1.02. The first-order valence-electron chi connectivity index (χ1n) is 7.97. The summed E-state index contributed by atoms with van der Waals surface area (Å²) in [7, 11) is 2.05. The minimum absolute atomic E-state index is 0.0123. The molecule has 0 aliphatic rings. The van der Waals surface area contributed by atoms with Crippen LogP contribution in [0.3, 0.4) is 0 Å². The minimum Gasteiger partial charge on any atom is -0.345 e. The highest BCUT2D eigenvalue weighted by Crippen LogP contribution is 2.22. The van der Waals surface area contributed by atoms with Crippen molar-refractivity contribution in [3.8, 4) is 0 Å². The van der Waals surface area contributed by atoms with Gasteiger partial charge in [-0.15, -0.1) is 11.8 Å². The zero-order valence-corrected chi connectivity index (χ0v) is 16.7. The summed E-state index contributed by atoms with van der Waals surface area (Å²) in [6, 6.07) is 16.5. The van der Waals surface area contributed by atoms with Gasteiger partial charge < -0.3 is 10.2 Å². The van der Waals surface area contributed by atoms with Crippen LogP contribution in [0.25, 0.3) is 0 Å². The van der Waals surface area contributed by atoms with E-state index in [0.717, 1.165) is 16.6 Å². The first-order valence-corrected chi connectivity index (χ1v) is 9.99. The Labute approximate surface area is 157 Å². The molecule has 128 valence electrons. The van der Waals surface area contributed by atoms with Gasteiger partial charge in [-0.05, 0) is 36.9 Å². The summed E-state index contributed by atoms with van der Waals surface area (Å²) in [6.07, 6.45) is 2.07. The molecule has 0 fully saturated rings. The molecule has 0 spiro atoms. The molecule has 0 bridgehead atoms. The molecule has 1 unspecified atom stereocenters. The molecule has 0 saturated heterocycles. The molecule has 0 radical (unpaired) electrons. The van der Waals surface area contributed by atoms with Gasteiger partial charge in [0, 0.05) is 14.9 Å². The first kappa shape index (κ1) is 19.0. The molecule has 2 aromatic rings. The predicted molar refractivity (Wildman–Crippen MR) is 104 cm³/mol. The SMILES string of the molecule is CSc1ccc(C[NH+](C)CC(=O)N[C@H](C)c2ccccc2Br)cc1. The van der Waals surface area contributed by atoms with Crippen molar-refractivity contribution in [2.24, 2.45) is 0 Å². The third kappa shape index (κ3) is 5.65. The highest BCUT2D eigenvalue weighted by molar-refractivity contribution is 9.10. The number of likely N-dealkylation sites (N-methyl/N-ethyl adjacent to an activating group) is 1. The number of halogens is 1. The summed E-state index contributed by atoms with van der Waals surface area (Å²) in [6.45, 7) is 3.30. The van der Waals surface area contributed by atoms with Gasteiger partial charge in [-0.3, -0.25) is 4.79 Å². The van der Waals surface area contributed by atoms with Crippen LogP contribution in [-0.2, 0) is 11.3 Å². The second-order valence-corrected chi connectivity index (χ2v) is 7.70. The second kappa shape index (κ2) is 9.25. The molecule has 1 amide bonds. The fraction of sp³-hybridized carbons (Fsp3) is 0.316. The molecule has 0 aliphatic heterocycles. The van der Waals surface area contributed by atoms with Crippen LogP contribution in [0.2, 0.25) is 0 Å². The molecule has 2 N–H and O–H groups in total. The maximum atomic E-state index is 12.3. The van der Waals surface area contributed by atoms with Gasteiger partial charge in [-0.2, -0.15) is 0 Å². The monoisotopic (exact) mass is 407 g/mol. The van der Waals surface area contributed by atoms with Crippen LogP contribution in [0.5, 0.6) is 0 Å². The molecule has 24 heavy (non-hydrogen) atoms. The maximum absolute atomic E-state index is 12.3. The summed E-state index contributed by atoms with van der Waals surface area (Å²) >= 11 is 5.27. The number of rotatable bonds is 7. The Kier molecular flexibility index (Phi) is 7.34. The molecule has 3 nitrogen and oxygen atoms in total. The van der Waals surface area contributed by atoms with Crippen molar-refractivity contribution >= 4 is 33.6 Å². The van der Waals surface area contributed by atoms with Crippen molar-refractivity contribution in [1.29, 1.82) is 0 Å². The lowest BCUT2D eigenvalue weighted by Gasteiger charge is -2.18. The summed E-state index contributed by atoms with van der Waals surface area (Å²) in [4.78, 5) is 14.7. The fourth-order valence-corrected chi connectivity index (χ4v) is 3.66.